The number of aromatic carboxylic acids is 1. The van der Waals surface area contributed by atoms with E-state index in [9.17, 15) is 24.3 Å². The van der Waals surface area contributed by atoms with E-state index in [4.69, 9.17) is 15.2 Å². The number of methoxy groups -OCH3 is 2. The number of nitrogens with zero attached hydrogens (tertiary/aromatic N) is 5. The van der Waals surface area contributed by atoms with Gasteiger partial charge in [-0.05, 0) is 48.7 Å². The number of amides is 2. The normalized spacial score (nSPS) is 17.5. The Kier molecular flexibility index (Phi) is 8.73. The molecule has 3 aromatic rings. The number of hydrogen-bond donors (Lipinski definition) is 2. The number of thioether (sulfide) groups is 1. The van der Waals surface area contributed by atoms with Gasteiger partial charge in [0, 0.05) is 43.8 Å². The number of piperazine rings is 1. The molecule has 0 atom stereocenters. The monoisotopic (exact) mass is 662 g/mol. The summed E-state index contributed by atoms with van der Waals surface area (Å²) in [7, 11) is 3.03. The summed E-state index contributed by atoms with van der Waals surface area (Å²) < 4.78 is 27.6. The Morgan fingerprint density at radius 1 is 1.06 bits per heavy atom. The van der Waals surface area contributed by atoms with Crippen molar-refractivity contribution in [1.29, 1.82) is 0 Å². The van der Waals surface area contributed by atoms with Crippen molar-refractivity contribution < 1.29 is 33.4 Å². The Labute approximate surface area is 272 Å². The average Bonchev–Trinajstić information content (AvgIpc) is 3.91. The summed E-state index contributed by atoms with van der Waals surface area (Å²) in [6, 6.07) is 7.89. The number of fused-ring (bicyclic) bond motifs is 1. The number of nitrogens with two attached hydrogens (primary N) is 1. The number of aromatic nitrogens is 1. The van der Waals surface area contributed by atoms with Gasteiger partial charge in [0.1, 0.15) is 17.2 Å². The molecule has 47 heavy (non-hydrogen) atoms. The number of ether oxygens (including phenoxy) is 2. The Morgan fingerprint density at radius 2 is 1.79 bits per heavy atom. The highest BCUT2D eigenvalue weighted by Crippen LogP contribution is 2.38. The van der Waals surface area contributed by atoms with Crippen LogP contribution in [0.5, 0.6) is 11.5 Å². The fourth-order valence-electron chi connectivity index (χ4n) is 5.58. The Morgan fingerprint density at radius 3 is 2.43 bits per heavy atom. The molecule has 0 spiro atoms. The topological polar surface area (TPSA) is 169 Å². The lowest BCUT2D eigenvalue weighted by atomic mass is 10.1. The van der Waals surface area contributed by atoms with E-state index in [-0.39, 0.29) is 50.9 Å². The Bertz CT molecular complexity index is 1960. The van der Waals surface area contributed by atoms with Crippen LogP contribution < -0.4 is 25.5 Å². The number of hydrogen-bond acceptors (Lipinski definition) is 10. The standard InChI is InChI=1S/C32H31FN6O7S/c1-45-25-6-3-17(12-26(25)46-2)11-20-29(34)35-32(36-30(20)42)47-16-27(40)38-9-7-37(8-10-38)24-14-23-19(13-22(24)33)28(41)21(31(43)44)15-39(23)18-4-5-18/h3,6,11-15,18H,4-5,7-10,16H2,1-2H3,(H,43,44)(H2,34,35,36,42)/b20-11+. The summed E-state index contributed by atoms with van der Waals surface area (Å²) in [5.41, 5.74) is 6.51. The van der Waals surface area contributed by atoms with Gasteiger partial charge in [0.05, 0.1) is 36.7 Å². The largest absolute Gasteiger partial charge is 0.493 e. The third-order valence-electron chi connectivity index (χ3n) is 8.21. The number of halogens is 1. The molecule has 2 aromatic carbocycles. The van der Waals surface area contributed by atoms with Crippen molar-refractivity contribution in [3.8, 4) is 11.5 Å². The number of carboxylic acid groups (broad SMARTS) is 1. The van der Waals surface area contributed by atoms with Crippen molar-refractivity contribution in [3.63, 3.8) is 0 Å². The highest BCUT2D eigenvalue weighted by molar-refractivity contribution is 8.14. The second kappa shape index (κ2) is 12.9. The predicted molar refractivity (Wildman–Crippen MR) is 176 cm³/mol. The van der Waals surface area contributed by atoms with Crippen molar-refractivity contribution in [2.24, 2.45) is 15.7 Å². The van der Waals surface area contributed by atoms with Gasteiger partial charge in [0.25, 0.3) is 5.91 Å². The summed E-state index contributed by atoms with van der Waals surface area (Å²) in [5, 5.41) is 9.59. The van der Waals surface area contributed by atoms with E-state index in [0.717, 1.165) is 30.7 Å². The first-order valence-electron chi connectivity index (χ1n) is 14.8. The molecule has 1 aromatic heterocycles. The molecule has 1 aliphatic carbocycles. The molecular formula is C32H31FN6O7S. The highest BCUT2D eigenvalue weighted by atomic mass is 32.2. The molecule has 0 radical (unpaired) electrons. The molecule has 1 saturated carbocycles. The zero-order valence-electron chi connectivity index (χ0n) is 25.6. The summed E-state index contributed by atoms with van der Waals surface area (Å²) in [4.78, 5) is 61.9. The molecule has 0 bridgehead atoms. The van der Waals surface area contributed by atoms with Crippen LogP contribution in [0.4, 0.5) is 10.1 Å². The van der Waals surface area contributed by atoms with Crippen LogP contribution in [0, 0.1) is 5.82 Å². The van der Waals surface area contributed by atoms with Crippen LogP contribution in [0.1, 0.15) is 34.8 Å². The van der Waals surface area contributed by atoms with Crippen LogP contribution >= 0.6 is 11.8 Å². The lowest BCUT2D eigenvalue weighted by molar-refractivity contribution is -0.128. The number of pyridine rings is 1. The van der Waals surface area contributed by atoms with E-state index in [1.54, 1.807) is 44.7 Å². The first kappa shape index (κ1) is 31.8. The molecule has 2 aliphatic heterocycles. The van der Waals surface area contributed by atoms with Crippen LogP contribution in [0.15, 0.2) is 56.9 Å². The van der Waals surface area contributed by atoms with E-state index < -0.39 is 23.1 Å². The molecule has 3 heterocycles. The van der Waals surface area contributed by atoms with E-state index >= 15 is 4.39 Å². The van der Waals surface area contributed by atoms with Crippen molar-refractivity contribution in [3.05, 3.63) is 69.3 Å². The molecule has 13 nitrogen and oxygen atoms in total. The van der Waals surface area contributed by atoms with Gasteiger partial charge >= 0.3 is 5.97 Å². The smallest absolute Gasteiger partial charge is 0.341 e. The van der Waals surface area contributed by atoms with Gasteiger partial charge in [-0.2, -0.15) is 4.99 Å². The molecule has 1 saturated heterocycles. The van der Waals surface area contributed by atoms with Crippen molar-refractivity contribution >= 4 is 63.2 Å². The fourth-order valence-corrected chi connectivity index (χ4v) is 6.32. The molecule has 2 amide bonds. The van der Waals surface area contributed by atoms with Crippen LogP contribution in [-0.2, 0) is 9.59 Å². The molecule has 2 fully saturated rings. The number of anilines is 1. The van der Waals surface area contributed by atoms with Crippen LogP contribution in [0.25, 0.3) is 17.0 Å². The molecule has 6 rings (SSSR count). The van der Waals surface area contributed by atoms with Crippen molar-refractivity contribution in [2.45, 2.75) is 18.9 Å². The lowest BCUT2D eigenvalue weighted by Gasteiger charge is -2.36. The van der Waals surface area contributed by atoms with Crippen LogP contribution in [0.2, 0.25) is 0 Å². The molecule has 3 N–H and O–H groups in total. The number of carboxylic acids is 1. The minimum atomic E-state index is -1.35. The van der Waals surface area contributed by atoms with Gasteiger partial charge in [-0.3, -0.25) is 14.4 Å². The van der Waals surface area contributed by atoms with E-state index in [1.165, 1.54) is 20.4 Å². The zero-order valence-corrected chi connectivity index (χ0v) is 26.4. The maximum atomic E-state index is 15.3. The van der Waals surface area contributed by atoms with Crippen LogP contribution in [-0.4, -0.2) is 89.5 Å². The number of carbonyl (C=O) groups is 3. The summed E-state index contributed by atoms with van der Waals surface area (Å²) >= 11 is 1.00. The second-order valence-corrected chi connectivity index (χ2v) is 12.1. The number of benzene rings is 2. The van der Waals surface area contributed by atoms with E-state index in [1.807, 2.05) is 0 Å². The summed E-state index contributed by atoms with van der Waals surface area (Å²) in [5.74, 6) is -1.79. The van der Waals surface area contributed by atoms with Gasteiger partial charge in [0.15, 0.2) is 16.7 Å². The molecule has 244 valence electrons. The Balaban J connectivity index is 1.09. The van der Waals surface area contributed by atoms with Gasteiger partial charge in [-0.1, -0.05) is 17.8 Å². The van der Waals surface area contributed by atoms with E-state index in [0.29, 0.717) is 48.8 Å². The van der Waals surface area contributed by atoms with Gasteiger partial charge in [-0.25, -0.2) is 14.2 Å². The second-order valence-electron chi connectivity index (χ2n) is 11.2. The van der Waals surface area contributed by atoms with Crippen molar-refractivity contribution in [2.75, 3.05) is 51.1 Å². The maximum Gasteiger partial charge on any atom is 0.341 e. The third kappa shape index (κ3) is 6.43. The summed E-state index contributed by atoms with van der Waals surface area (Å²) in [6.07, 6.45) is 4.59. The lowest BCUT2D eigenvalue weighted by Crippen LogP contribution is -2.49. The average molecular weight is 663 g/mol. The van der Waals surface area contributed by atoms with Crippen LogP contribution in [0.3, 0.4) is 0 Å². The minimum Gasteiger partial charge on any atom is -0.493 e. The molecule has 3 aliphatic rings. The maximum absolute atomic E-state index is 15.3. The first-order chi connectivity index (χ1) is 22.6. The quantitative estimate of drug-likeness (QED) is 0.342. The zero-order chi connectivity index (χ0) is 33.4. The van der Waals surface area contributed by atoms with Gasteiger partial charge in [-0.15, -0.1) is 0 Å². The van der Waals surface area contributed by atoms with Gasteiger partial charge < -0.3 is 34.7 Å². The fraction of sp³-hybridized carbons (Fsp3) is 0.312. The predicted octanol–water partition coefficient (Wildman–Crippen LogP) is 2.91. The van der Waals surface area contributed by atoms with Crippen molar-refractivity contribution in [1.82, 2.24) is 9.47 Å². The Hall–Kier alpha value is -5.18. The molecule has 15 heteroatoms. The van der Waals surface area contributed by atoms with E-state index in [2.05, 4.69) is 9.98 Å². The molecule has 0 unspecified atom stereocenters. The minimum absolute atomic E-state index is 0.0212. The number of amidine groups is 2. The third-order valence-corrected chi connectivity index (χ3v) is 9.04. The molecular weight excluding hydrogens is 631 g/mol. The SMILES string of the molecule is COc1ccc(/C=C2/C(=O)N=C(SCC(=O)N3CCN(c4cc5c(cc4F)c(=O)c(C(=O)O)cn5C4CC4)CC3)N=C2N)cc1OC. The summed E-state index contributed by atoms with van der Waals surface area (Å²) in [6.45, 7) is 1.32. The first-order valence-corrected chi connectivity index (χ1v) is 15.7. The van der Waals surface area contributed by atoms with Gasteiger partial charge in [0.2, 0.25) is 11.3 Å². The number of aliphatic imine (C=N–C) groups is 2. The highest BCUT2D eigenvalue weighted by Gasteiger charge is 2.29. The number of rotatable bonds is 8. The number of carbonyl (C=O) groups excluding carboxylic acids is 2.